The van der Waals surface area contributed by atoms with Crippen LogP contribution in [0.4, 0.5) is 22.0 Å². The molecule has 0 heterocycles. The van der Waals surface area contributed by atoms with Crippen molar-refractivity contribution in [3.8, 4) is 11.5 Å². The molecular weight excluding hydrogens is 271 g/mol. The summed E-state index contributed by atoms with van der Waals surface area (Å²) >= 11 is 0. The Morgan fingerprint density at radius 1 is 1.32 bits per heavy atom. The maximum Gasteiger partial charge on any atom is 0.573 e. The van der Waals surface area contributed by atoms with Crippen LogP contribution in [0, 0.1) is 5.82 Å². The number of alkyl halides is 3. The van der Waals surface area contributed by atoms with Crippen molar-refractivity contribution in [3.63, 3.8) is 0 Å². The summed E-state index contributed by atoms with van der Waals surface area (Å²) in [5.41, 5.74) is -0.468. The van der Waals surface area contributed by atoms with Gasteiger partial charge in [0.2, 0.25) is 5.82 Å². The van der Waals surface area contributed by atoms with Crippen molar-refractivity contribution in [1.82, 2.24) is 0 Å². The minimum absolute atomic E-state index is 0.0960. The number of benzene rings is 1. The van der Waals surface area contributed by atoms with E-state index < -0.39 is 23.7 Å². The van der Waals surface area contributed by atoms with Crippen molar-refractivity contribution < 1.29 is 31.8 Å². The molecule has 0 bridgehead atoms. The summed E-state index contributed by atoms with van der Waals surface area (Å²) in [6, 6.07) is 1.58. The van der Waals surface area contributed by atoms with Gasteiger partial charge in [-0.3, -0.25) is 0 Å². The van der Waals surface area contributed by atoms with Gasteiger partial charge in [0.25, 0.3) is 0 Å². The predicted octanol–water partition coefficient (Wildman–Crippen LogP) is 4.32. The fraction of sp³-hybridized carbons (Fsp3) is 0.167. The topological polar surface area (TPSA) is 29.5 Å². The van der Waals surface area contributed by atoms with Gasteiger partial charge >= 0.3 is 6.36 Å². The Morgan fingerprint density at radius 2 is 1.95 bits per heavy atom. The van der Waals surface area contributed by atoms with E-state index in [1.54, 1.807) is 6.92 Å². The number of phenolic OH excluding ortho intramolecular Hbond substituents is 1. The molecule has 0 unspecified atom stereocenters. The van der Waals surface area contributed by atoms with Crippen LogP contribution in [-0.4, -0.2) is 11.5 Å². The molecule has 104 valence electrons. The SMILES string of the molecule is C/C=C\C(=C\F)c1ccc(OC(F)(F)F)c(F)c1O. The molecule has 0 spiro atoms. The van der Waals surface area contributed by atoms with Crippen LogP contribution in [0.15, 0.2) is 30.6 Å². The summed E-state index contributed by atoms with van der Waals surface area (Å²) in [6.45, 7) is 1.55. The number of hydrogen-bond acceptors (Lipinski definition) is 2. The van der Waals surface area contributed by atoms with Crippen molar-refractivity contribution in [2.75, 3.05) is 0 Å². The number of allylic oxidation sites excluding steroid dienone is 3. The first-order valence-corrected chi connectivity index (χ1v) is 5.00. The van der Waals surface area contributed by atoms with Gasteiger partial charge in [0, 0.05) is 11.1 Å². The van der Waals surface area contributed by atoms with Crippen LogP contribution >= 0.6 is 0 Å². The Kier molecular flexibility index (Phi) is 4.52. The molecule has 2 nitrogen and oxygen atoms in total. The molecular formula is C12H9F5O2. The zero-order valence-electron chi connectivity index (χ0n) is 9.63. The Bertz CT molecular complexity index is 518. The van der Waals surface area contributed by atoms with Gasteiger partial charge in [0.15, 0.2) is 11.5 Å². The highest BCUT2D eigenvalue weighted by molar-refractivity contribution is 5.77. The first-order valence-electron chi connectivity index (χ1n) is 5.00. The van der Waals surface area contributed by atoms with E-state index in [1.807, 2.05) is 0 Å². The van der Waals surface area contributed by atoms with E-state index in [9.17, 15) is 27.1 Å². The lowest BCUT2D eigenvalue weighted by Gasteiger charge is -2.12. The molecule has 0 aliphatic carbocycles. The number of ether oxygens (including phenoxy) is 1. The molecule has 0 atom stereocenters. The third-order valence-electron chi connectivity index (χ3n) is 2.08. The summed E-state index contributed by atoms with van der Waals surface area (Å²) < 4.78 is 65.2. The maximum atomic E-state index is 13.5. The zero-order chi connectivity index (χ0) is 14.6. The average Bonchev–Trinajstić information content (AvgIpc) is 2.31. The third kappa shape index (κ3) is 3.70. The fourth-order valence-corrected chi connectivity index (χ4v) is 1.35. The predicted molar refractivity (Wildman–Crippen MR) is 58.6 cm³/mol. The van der Waals surface area contributed by atoms with Crippen LogP contribution in [-0.2, 0) is 0 Å². The van der Waals surface area contributed by atoms with Gasteiger partial charge in [-0.25, -0.2) is 4.39 Å². The average molecular weight is 280 g/mol. The van der Waals surface area contributed by atoms with Crippen molar-refractivity contribution in [1.29, 1.82) is 0 Å². The molecule has 7 heteroatoms. The van der Waals surface area contributed by atoms with Crippen molar-refractivity contribution in [3.05, 3.63) is 42.0 Å². The Hall–Kier alpha value is -2.05. The zero-order valence-corrected chi connectivity index (χ0v) is 9.63. The summed E-state index contributed by atoms with van der Waals surface area (Å²) in [5, 5.41) is 9.44. The minimum atomic E-state index is -5.09. The lowest BCUT2D eigenvalue weighted by molar-refractivity contribution is -0.275. The smallest absolute Gasteiger partial charge is 0.504 e. The summed E-state index contributed by atoms with van der Waals surface area (Å²) in [7, 11) is 0. The summed E-state index contributed by atoms with van der Waals surface area (Å²) in [5.74, 6) is -3.92. The van der Waals surface area contributed by atoms with Gasteiger partial charge in [0.1, 0.15) is 0 Å². The number of hydrogen-bond donors (Lipinski definition) is 1. The second kappa shape index (κ2) is 5.73. The molecule has 0 fully saturated rings. The van der Waals surface area contributed by atoms with E-state index in [0.717, 1.165) is 6.07 Å². The van der Waals surface area contributed by atoms with E-state index in [-0.39, 0.29) is 17.5 Å². The van der Waals surface area contributed by atoms with Gasteiger partial charge in [-0.1, -0.05) is 12.2 Å². The van der Waals surface area contributed by atoms with Crippen LogP contribution in [0.1, 0.15) is 12.5 Å². The van der Waals surface area contributed by atoms with Crippen LogP contribution < -0.4 is 4.74 Å². The molecule has 1 aromatic carbocycles. The Labute approximate surface area is 105 Å². The van der Waals surface area contributed by atoms with Gasteiger partial charge in [0.05, 0.1) is 6.33 Å². The van der Waals surface area contributed by atoms with E-state index in [0.29, 0.717) is 6.07 Å². The second-order valence-corrected chi connectivity index (χ2v) is 3.39. The van der Waals surface area contributed by atoms with Gasteiger partial charge in [-0.05, 0) is 19.1 Å². The van der Waals surface area contributed by atoms with E-state index >= 15 is 0 Å². The van der Waals surface area contributed by atoms with Gasteiger partial charge in [-0.2, -0.15) is 4.39 Å². The summed E-state index contributed by atoms with van der Waals surface area (Å²) in [4.78, 5) is 0. The van der Waals surface area contributed by atoms with Crippen LogP contribution in [0.3, 0.4) is 0 Å². The summed E-state index contributed by atoms with van der Waals surface area (Å²) in [6.07, 6.45) is -2.35. The second-order valence-electron chi connectivity index (χ2n) is 3.39. The number of rotatable bonds is 3. The number of aromatic hydroxyl groups is 1. The van der Waals surface area contributed by atoms with Crippen molar-refractivity contribution >= 4 is 5.57 Å². The van der Waals surface area contributed by atoms with Crippen molar-refractivity contribution in [2.45, 2.75) is 13.3 Å². The standard InChI is InChI=1S/C12H9F5O2/c1-2-3-7(6-13)8-4-5-9(10(14)11(8)18)19-12(15,16)17/h2-6,18H,1H3/b3-2-,7-6-. The highest BCUT2D eigenvalue weighted by Gasteiger charge is 2.33. The molecule has 0 aliphatic rings. The lowest BCUT2D eigenvalue weighted by Crippen LogP contribution is -2.18. The molecule has 0 aromatic heterocycles. The van der Waals surface area contributed by atoms with Gasteiger partial charge < -0.3 is 9.84 Å². The van der Waals surface area contributed by atoms with Crippen LogP contribution in [0.5, 0.6) is 11.5 Å². The molecule has 1 aromatic rings. The van der Waals surface area contributed by atoms with Crippen LogP contribution in [0.25, 0.3) is 5.57 Å². The largest absolute Gasteiger partial charge is 0.573 e. The molecule has 0 amide bonds. The van der Waals surface area contributed by atoms with Gasteiger partial charge in [-0.15, -0.1) is 13.2 Å². The Balaban J connectivity index is 3.25. The number of phenols is 1. The molecule has 1 N–H and O–H groups in total. The fourth-order valence-electron chi connectivity index (χ4n) is 1.35. The lowest BCUT2D eigenvalue weighted by atomic mass is 10.1. The molecule has 19 heavy (non-hydrogen) atoms. The first kappa shape index (κ1) is 15.0. The normalized spacial score (nSPS) is 13.1. The molecule has 0 saturated heterocycles. The molecule has 0 saturated carbocycles. The first-order chi connectivity index (χ1) is 8.80. The highest BCUT2D eigenvalue weighted by atomic mass is 19.4. The third-order valence-corrected chi connectivity index (χ3v) is 2.08. The Morgan fingerprint density at radius 3 is 2.42 bits per heavy atom. The molecule has 1 rings (SSSR count). The minimum Gasteiger partial charge on any atom is -0.504 e. The molecule has 0 radical (unpaired) electrons. The number of halogens is 5. The monoisotopic (exact) mass is 280 g/mol. The van der Waals surface area contributed by atoms with Crippen LogP contribution in [0.2, 0.25) is 0 Å². The van der Waals surface area contributed by atoms with E-state index in [1.165, 1.54) is 12.2 Å². The maximum absolute atomic E-state index is 13.5. The van der Waals surface area contributed by atoms with E-state index in [2.05, 4.69) is 4.74 Å². The highest BCUT2D eigenvalue weighted by Crippen LogP contribution is 2.36. The van der Waals surface area contributed by atoms with Crippen molar-refractivity contribution in [2.24, 2.45) is 0 Å². The molecule has 0 aliphatic heterocycles. The quantitative estimate of drug-likeness (QED) is 0.660. The van der Waals surface area contributed by atoms with E-state index in [4.69, 9.17) is 0 Å².